The third-order valence-electron chi connectivity index (χ3n) is 1.72. The number of thioether (sulfide) groups is 1. The van der Waals surface area contributed by atoms with E-state index in [4.69, 9.17) is 5.11 Å². The van der Waals surface area contributed by atoms with Gasteiger partial charge in [0, 0.05) is 12.3 Å². The topological polar surface area (TPSA) is 83.5 Å². The molecule has 11 heteroatoms. The molecule has 5 nitrogen and oxygen atoms in total. The van der Waals surface area contributed by atoms with Gasteiger partial charge in [-0.25, -0.2) is 17.9 Å². The molecule has 0 aliphatic heterocycles. The lowest BCUT2D eigenvalue weighted by atomic mass is 10.5. The second kappa shape index (κ2) is 6.11. The molecular formula is C8H8F3NO4S3. The molecule has 2 N–H and O–H groups in total. The number of sulfonamides is 1. The van der Waals surface area contributed by atoms with Gasteiger partial charge in [0.2, 0.25) is 10.0 Å². The number of halogens is 3. The molecule has 0 bridgehead atoms. The van der Waals surface area contributed by atoms with Gasteiger partial charge >= 0.3 is 11.5 Å². The fourth-order valence-corrected chi connectivity index (χ4v) is 3.78. The SMILES string of the molecule is O=C(O)c1ccc(S(=O)(=O)NCCSC(F)(F)F)s1. The fraction of sp³-hybridized carbons (Fsp3) is 0.375. The van der Waals surface area contributed by atoms with Gasteiger partial charge in [-0.1, -0.05) is 0 Å². The average molecular weight is 335 g/mol. The highest BCUT2D eigenvalue weighted by Crippen LogP contribution is 2.29. The van der Waals surface area contributed by atoms with Gasteiger partial charge in [-0.05, 0) is 23.9 Å². The quantitative estimate of drug-likeness (QED) is 0.777. The van der Waals surface area contributed by atoms with Gasteiger partial charge in [0.25, 0.3) is 0 Å². The van der Waals surface area contributed by atoms with Crippen LogP contribution in [0.25, 0.3) is 0 Å². The van der Waals surface area contributed by atoms with Crippen LogP contribution in [0, 0.1) is 0 Å². The number of rotatable bonds is 6. The second-order valence-corrected chi connectivity index (χ2v) is 7.35. The van der Waals surface area contributed by atoms with Crippen molar-refractivity contribution in [3.05, 3.63) is 17.0 Å². The van der Waals surface area contributed by atoms with Crippen molar-refractivity contribution in [2.45, 2.75) is 9.72 Å². The first-order valence-electron chi connectivity index (χ1n) is 4.65. The van der Waals surface area contributed by atoms with Gasteiger partial charge in [0.05, 0.1) is 0 Å². The monoisotopic (exact) mass is 335 g/mol. The van der Waals surface area contributed by atoms with Gasteiger partial charge in [-0.15, -0.1) is 11.3 Å². The van der Waals surface area contributed by atoms with Crippen LogP contribution in [0.15, 0.2) is 16.3 Å². The summed E-state index contributed by atoms with van der Waals surface area (Å²) in [4.78, 5) is 10.4. The van der Waals surface area contributed by atoms with Crippen molar-refractivity contribution in [2.24, 2.45) is 0 Å². The van der Waals surface area contributed by atoms with E-state index in [1.54, 1.807) is 0 Å². The van der Waals surface area contributed by atoms with Crippen molar-refractivity contribution in [1.82, 2.24) is 4.72 Å². The molecule has 0 aliphatic carbocycles. The summed E-state index contributed by atoms with van der Waals surface area (Å²) in [5.41, 5.74) is -4.41. The lowest BCUT2D eigenvalue weighted by molar-refractivity contribution is -0.0327. The first-order valence-corrected chi connectivity index (χ1v) is 7.94. The Bertz CT molecular complexity index is 552. The maximum Gasteiger partial charge on any atom is 0.441 e. The maximum absolute atomic E-state index is 11.8. The summed E-state index contributed by atoms with van der Waals surface area (Å²) in [5, 5.41) is 8.63. The zero-order valence-corrected chi connectivity index (χ0v) is 11.5. The van der Waals surface area contributed by atoms with Gasteiger partial charge < -0.3 is 5.11 Å². The van der Waals surface area contributed by atoms with E-state index in [1.807, 2.05) is 4.72 Å². The number of nitrogens with one attached hydrogen (secondary N) is 1. The summed E-state index contributed by atoms with van der Waals surface area (Å²) in [5.74, 6) is -1.72. The first-order chi connectivity index (χ1) is 8.62. The summed E-state index contributed by atoms with van der Waals surface area (Å²) in [6, 6.07) is 2.21. The molecule has 108 valence electrons. The molecule has 1 aromatic rings. The minimum absolute atomic E-state index is 0.162. The van der Waals surface area contributed by atoms with Crippen LogP contribution in [0.4, 0.5) is 13.2 Å². The Labute approximate surface area is 114 Å². The summed E-state index contributed by atoms with van der Waals surface area (Å²) in [7, 11) is -3.97. The summed E-state index contributed by atoms with van der Waals surface area (Å²) in [6.07, 6.45) is 0. The standard InChI is InChI=1S/C8H8F3NO4S3/c9-8(10,11)17-4-3-12-19(15,16)6-2-1-5(18-6)7(13)14/h1-2,12H,3-4H2,(H,13,14). The lowest BCUT2D eigenvalue weighted by Crippen LogP contribution is -2.26. The van der Waals surface area contributed by atoms with E-state index in [1.165, 1.54) is 0 Å². The van der Waals surface area contributed by atoms with E-state index in [-0.39, 0.29) is 20.8 Å². The van der Waals surface area contributed by atoms with Crippen LogP contribution in [-0.2, 0) is 10.0 Å². The second-order valence-electron chi connectivity index (χ2n) is 3.12. The number of hydrogen-bond donors (Lipinski definition) is 2. The molecule has 0 radical (unpaired) electrons. The zero-order valence-electron chi connectivity index (χ0n) is 9.10. The molecule has 0 fully saturated rings. The minimum atomic E-state index is -4.41. The van der Waals surface area contributed by atoms with Crippen molar-refractivity contribution in [1.29, 1.82) is 0 Å². The van der Waals surface area contributed by atoms with Crippen LogP contribution in [-0.4, -0.2) is 37.3 Å². The Morgan fingerprint density at radius 1 is 1.42 bits per heavy atom. The van der Waals surface area contributed by atoms with Crippen LogP contribution in [0.1, 0.15) is 9.67 Å². The molecule has 0 aromatic carbocycles. The molecule has 1 aromatic heterocycles. The van der Waals surface area contributed by atoms with Crippen molar-refractivity contribution >= 4 is 39.1 Å². The molecule has 1 heterocycles. The number of aromatic carboxylic acids is 1. The number of carboxylic acids is 1. The molecule has 0 amide bonds. The zero-order chi connectivity index (χ0) is 14.7. The highest BCUT2D eigenvalue weighted by molar-refractivity contribution is 8.00. The van der Waals surface area contributed by atoms with E-state index < -0.39 is 33.8 Å². The summed E-state index contributed by atoms with van der Waals surface area (Å²) >= 11 is 0.194. The Balaban J connectivity index is 2.58. The Hall–Kier alpha value is -0.780. The van der Waals surface area contributed by atoms with Crippen molar-refractivity contribution in [3.8, 4) is 0 Å². The molecule has 0 spiro atoms. The third-order valence-corrected chi connectivity index (χ3v) is 5.48. The normalized spacial score (nSPS) is 12.6. The van der Waals surface area contributed by atoms with Crippen LogP contribution < -0.4 is 4.72 Å². The predicted octanol–water partition coefficient (Wildman–Crippen LogP) is 1.98. The van der Waals surface area contributed by atoms with E-state index in [9.17, 15) is 26.4 Å². The van der Waals surface area contributed by atoms with Crippen LogP contribution in [0.3, 0.4) is 0 Å². The minimum Gasteiger partial charge on any atom is -0.477 e. The molecule has 0 aliphatic rings. The van der Waals surface area contributed by atoms with Crippen molar-refractivity contribution in [3.63, 3.8) is 0 Å². The van der Waals surface area contributed by atoms with E-state index in [2.05, 4.69) is 0 Å². The van der Waals surface area contributed by atoms with E-state index in [0.717, 1.165) is 12.1 Å². The molecule has 0 saturated heterocycles. The first kappa shape index (κ1) is 16.3. The van der Waals surface area contributed by atoms with Crippen LogP contribution in [0.2, 0.25) is 0 Å². The Morgan fingerprint density at radius 3 is 2.53 bits per heavy atom. The molecule has 0 atom stereocenters. The predicted molar refractivity (Wildman–Crippen MR) is 65.0 cm³/mol. The number of hydrogen-bond acceptors (Lipinski definition) is 5. The molecule has 19 heavy (non-hydrogen) atoms. The summed E-state index contributed by atoms with van der Waals surface area (Å²) in [6.45, 7) is -0.396. The molecule has 1 rings (SSSR count). The molecule has 0 unspecified atom stereocenters. The molecule has 0 saturated carbocycles. The largest absolute Gasteiger partial charge is 0.477 e. The number of carbonyl (C=O) groups is 1. The van der Waals surface area contributed by atoms with Gasteiger partial charge in [-0.2, -0.15) is 13.2 Å². The van der Waals surface area contributed by atoms with E-state index in [0.29, 0.717) is 11.3 Å². The van der Waals surface area contributed by atoms with Crippen LogP contribution >= 0.6 is 23.1 Å². The fourth-order valence-electron chi connectivity index (χ4n) is 0.993. The van der Waals surface area contributed by atoms with E-state index >= 15 is 0 Å². The van der Waals surface area contributed by atoms with Gasteiger partial charge in [0.1, 0.15) is 9.09 Å². The number of alkyl halides is 3. The number of thiophene rings is 1. The smallest absolute Gasteiger partial charge is 0.441 e. The van der Waals surface area contributed by atoms with Gasteiger partial charge in [0.15, 0.2) is 0 Å². The van der Waals surface area contributed by atoms with Crippen LogP contribution in [0.5, 0.6) is 0 Å². The van der Waals surface area contributed by atoms with Crippen molar-refractivity contribution in [2.75, 3.05) is 12.3 Å². The average Bonchev–Trinajstić information content (AvgIpc) is 2.73. The maximum atomic E-state index is 11.8. The summed E-state index contributed by atoms with van der Waals surface area (Å²) < 4.78 is 60.4. The highest BCUT2D eigenvalue weighted by atomic mass is 32.2. The van der Waals surface area contributed by atoms with Gasteiger partial charge in [-0.3, -0.25) is 0 Å². The van der Waals surface area contributed by atoms with Crippen molar-refractivity contribution < 1.29 is 31.5 Å². The molecular weight excluding hydrogens is 327 g/mol. The third kappa shape index (κ3) is 5.38. The lowest BCUT2D eigenvalue weighted by Gasteiger charge is -2.06. The highest BCUT2D eigenvalue weighted by Gasteiger charge is 2.28. The number of carboxylic acid groups (broad SMARTS) is 1. The Kier molecular flexibility index (Phi) is 5.24. The Morgan fingerprint density at radius 2 is 2.05 bits per heavy atom.